The summed E-state index contributed by atoms with van der Waals surface area (Å²) in [6.45, 7) is 5.57. The number of methoxy groups -OCH3 is 3. The van der Waals surface area contributed by atoms with Crippen LogP contribution in [-0.2, 0) is 0 Å². The maximum absolute atomic E-state index is 12.5. The van der Waals surface area contributed by atoms with Gasteiger partial charge in [-0.25, -0.2) is 0 Å². The van der Waals surface area contributed by atoms with Crippen LogP contribution in [-0.4, -0.2) is 38.8 Å². The zero-order valence-electron chi connectivity index (χ0n) is 13.4. The molecule has 0 aliphatic carbocycles. The summed E-state index contributed by atoms with van der Waals surface area (Å²) in [7, 11) is 4.53. The molecule has 6 nitrogen and oxygen atoms in total. The van der Waals surface area contributed by atoms with E-state index in [1.165, 1.54) is 21.3 Å². The van der Waals surface area contributed by atoms with E-state index in [1.807, 2.05) is 20.8 Å². The molecule has 0 heterocycles. The summed E-state index contributed by atoms with van der Waals surface area (Å²) in [4.78, 5) is 12.5. The number of nitrogens with one attached hydrogen (secondary N) is 1. The molecule has 0 spiro atoms. The quantitative estimate of drug-likeness (QED) is 0.832. The molecule has 21 heavy (non-hydrogen) atoms. The van der Waals surface area contributed by atoms with Gasteiger partial charge in [-0.3, -0.25) is 4.79 Å². The minimum absolute atomic E-state index is 0.201. The van der Waals surface area contributed by atoms with E-state index >= 15 is 0 Å². The zero-order chi connectivity index (χ0) is 16.2. The SMILES string of the molecule is COc1cc(OC)c(C(=O)NC(C)(C)C(C)N)cc1OC. The number of benzene rings is 1. The van der Waals surface area contributed by atoms with Crippen molar-refractivity contribution in [2.75, 3.05) is 21.3 Å². The van der Waals surface area contributed by atoms with Gasteiger partial charge in [0, 0.05) is 23.7 Å². The number of rotatable bonds is 6. The van der Waals surface area contributed by atoms with Crippen molar-refractivity contribution in [1.29, 1.82) is 0 Å². The normalized spacial score (nSPS) is 12.5. The van der Waals surface area contributed by atoms with Crippen molar-refractivity contribution in [2.45, 2.75) is 32.4 Å². The Labute approximate surface area is 125 Å². The lowest BCUT2D eigenvalue weighted by molar-refractivity contribution is 0.0900. The van der Waals surface area contributed by atoms with E-state index in [-0.39, 0.29) is 11.9 Å². The van der Waals surface area contributed by atoms with Gasteiger partial charge in [0.2, 0.25) is 0 Å². The topological polar surface area (TPSA) is 82.8 Å². The molecule has 1 rings (SSSR count). The summed E-state index contributed by atoms with van der Waals surface area (Å²) in [6, 6.07) is 3.00. The fraction of sp³-hybridized carbons (Fsp3) is 0.533. The van der Waals surface area contributed by atoms with E-state index in [4.69, 9.17) is 19.9 Å². The van der Waals surface area contributed by atoms with Crippen LogP contribution in [0.15, 0.2) is 12.1 Å². The molecule has 0 aliphatic rings. The van der Waals surface area contributed by atoms with Crippen LogP contribution in [0.2, 0.25) is 0 Å². The molecule has 0 saturated heterocycles. The van der Waals surface area contributed by atoms with Gasteiger partial charge in [0.15, 0.2) is 11.5 Å². The zero-order valence-corrected chi connectivity index (χ0v) is 13.4. The van der Waals surface area contributed by atoms with Gasteiger partial charge >= 0.3 is 0 Å². The molecule has 118 valence electrons. The van der Waals surface area contributed by atoms with Gasteiger partial charge in [0.05, 0.1) is 26.9 Å². The molecular weight excluding hydrogens is 272 g/mol. The predicted octanol–water partition coefficient (Wildman–Crippen LogP) is 1.57. The second-order valence-electron chi connectivity index (χ2n) is 5.37. The number of amides is 1. The summed E-state index contributed by atoms with van der Waals surface area (Å²) >= 11 is 0. The van der Waals surface area contributed by atoms with Crippen LogP contribution >= 0.6 is 0 Å². The number of carbonyl (C=O) groups is 1. The van der Waals surface area contributed by atoms with E-state index in [9.17, 15) is 4.79 Å². The van der Waals surface area contributed by atoms with Crippen molar-refractivity contribution < 1.29 is 19.0 Å². The van der Waals surface area contributed by atoms with Crippen molar-refractivity contribution in [3.63, 3.8) is 0 Å². The highest BCUT2D eigenvalue weighted by atomic mass is 16.5. The first-order valence-electron chi connectivity index (χ1n) is 6.65. The molecule has 1 aromatic rings. The van der Waals surface area contributed by atoms with Crippen LogP contribution in [0.1, 0.15) is 31.1 Å². The van der Waals surface area contributed by atoms with Gasteiger partial charge in [0.25, 0.3) is 5.91 Å². The molecule has 1 amide bonds. The summed E-state index contributed by atoms with van der Waals surface area (Å²) in [5, 5.41) is 2.90. The van der Waals surface area contributed by atoms with Crippen molar-refractivity contribution in [1.82, 2.24) is 5.32 Å². The monoisotopic (exact) mass is 296 g/mol. The minimum Gasteiger partial charge on any atom is -0.496 e. The highest BCUT2D eigenvalue weighted by molar-refractivity contribution is 5.98. The molecule has 1 atom stereocenters. The van der Waals surface area contributed by atoms with Crippen molar-refractivity contribution >= 4 is 5.91 Å². The van der Waals surface area contributed by atoms with Crippen LogP contribution in [0.25, 0.3) is 0 Å². The van der Waals surface area contributed by atoms with Crippen LogP contribution in [0.5, 0.6) is 17.2 Å². The number of nitrogens with two attached hydrogens (primary N) is 1. The van der Waals surface area contributed by atoms with E-state index in [0.29, 0.717) is 22.8 Å². The Bertz CT molecular complexity index is 513. The Morgan fingerprint density at radius 3 is 2.00 bits per heavy atom. The molecule has 0 radical (unpaired) electrons. The Balaban J connectivity index is 3.20. The molecule has 0 saturated carbocycles. The Morgan fingerprint density at radius 2 is 1.57 bits per heavy atom. The third kappa shape index (κ3) is 3.78. The molecule has 1 unspecified atom stereocenters. The Hall–Kier alpha value is -1.95. The van der Waals surface area contributed by atoms with Gasteiger partial charge in [-0.2, -0.15) is 0 Å². The summed E-state index contributed by atoms with van der Waals surface area (Å²) < 4.78 is 15.7. The molecule has 0 aromatic heterocycles. The molecule has 0 bridgehead atoms. The number of hydrogen-bond donors (Lipinski definition) is 2. The Morgan fingerprint density at radius 1 is 1.10 bits per heavy atom. The van der Waals surface area contributed by atoms with Gasteiger partial charge in [0.1, 0.15) is 5.75 Å². The average molecular weight is 296 g/mol. The Kier molecular flexibility index (Phi) is 5.43. The standard InChI is InChI=1S/C15H24N2O4/c1-9(16)15(2,3)17-14(18)10-7-12(20-5)13(21-6)8-11(10)19-4/h7-9H,16H2,1-6H3,(H,17,18). The van der Waals surface area contributed by atoms with E-state index in [2.05, 4.69) is 5.32 Å². The van der Waals surface area contributed by atoms with Crippen molar-refractivity contribution in [2.24, 2.45) is 5.73 Å². The summed E-state index contributed by atoms with van der Waals surface area (Å²) in [6.07, 6.45) is 0. The first-order chi connectivity index (χ1) is 9.76. The largest absolute Gasteiger partial charge is 0.496 e. The van der Waals surface area contributed by atoms with Gasteiger partial charge in [-0.15, -0.1) is 0 Å². The number of carbonyl (C=O) groups excluding carboxylic acids is 1. The highest BCUT2D eigenvalue weighted by Gasteiger charge is 2.27. The molecule has 0 fully saturated rings. The van der Waals surface area contributed by atoms with Crippen molar-refractivity contribution in [3.8, 4) is 17.2 Å². The first kappa shape index (κ1) is 17.1. The third-order valence-electron chi connectivity index (χ3n) is 3.52. The van der Waals surface area contributed by atoms with E-state index in [1.54, 1.807) is 12.1 Å². The minimum atomic E-state index is -0.546. The highest BCUT2D eigenvalue weighted by Crippen LogP contribution is 2.34. The maximum Gasteiger partial charge on any atom is 0.255 e. The molecular formula is C15H24N2O4. The van der Waals surface area contributed by atoms with Crippen LogP contribution in [0.4, 0.5) is 0 Å². The fourth-order valence-corrected chi connectivity index (χ4v) is 1.68. The van der Waals surface area contributed by atoms with Crippen LogP contribution < -0.4 is 25.3 Å². The smallest absolute Gasteiger partial charge is 0.255 e. The summed E-state index contributed by atoms with van der Waals surface area (Å²) in [5.41, 5.74) is 5.70. The second-order valence-corrected chi connectivity index (χ2v) is 5.37. The molecule has 1 aromatic carbocycles. The maximum atomic E-state index is 12.5. The number of hydrogen-bond acceptors (Lipinski definition) is 5. The van der Waals surface area contributed by atoms with Crippen LogP contribution in [0.3, 0.4) is 0 Å². The lowest BCUT2D eigenvalue weighted by Crippen LogP contribution is -2.54. The lowest BCUT2D eigenvalue weighted by atomic mass is 9.96. The first-order valence-corrected chi connectivity index (χ1v) is 6.65. The molecule has 6 heteroatoms. The van der Waals surface area contributed by atoms with Gasteiger partial charge < -0.3 is 25.3 Å². The second kappa shape index (κ2) is 6.67. The number of ether oxygens (including phenoxy) is 3. The predicted molar refractivity (Wildman–Crippen MR) is 81.3 cm³/mol. The van der Waals surface area contributed by atoms with Crippen molar-refractivity contribution in [3.05, 3.63) is 17.7 Å². The van der Waals surface area contributed by atoms with Gasteiger partial charge in [-0.05, 0) is 20.8 Å². The average Bonchev–Trinajstić information content (AvgIpc) is 2.44. The van der Waals surface area contributed by atoms with Crippen LogP contribution in [0, 0.1) is 0 Å². The van der Waals surface area contributed by atoms with E-state index < -0.39 is 5.54 Å². The lowest BCUT2D eigenvalue weighted by Gasteiger charge is -2.30. The van der Waals surface area contributed by atoms with E-state index in [0.717, 1.165) is 0 Å². The fourth-order valence-electron chi connectivity index (χ4n) is 1.68. The third-order valence-corrected chi connectivity index (χ3v) is 3.52. The molecule has 0 aliphatic heterocycles. The van der Waals surface area contributed by atoms with Gasteiger partial charge in [-0.1, -0.05) is 0 Å². The molecule has 3 N–H and O–H groups in total. The summed E-state index contributed by atoms with van der Waals surface area (Å²) in [5.74, 6) is 1.08.